The fourth-order valence-electron chi connectivity index (χ4n) is 6.36. The number of carbonyl (C=O) groups is 3. The number of anilines is 1. The van der Waals surface area contributed by atoms with Crippen molar-refractivity contribution in [3.8, 4) is 6.07 Å². The average Bonchev–Trinajstić information content (AvgIpc) is 3.61. The molecule has 0 spiro atoms. The SMILES string of the molecule is Cn1cc(N[C@@H](CC2CC2)C(=O)N2[C@H]3CC[C@@H]([C@@H]2C(=O)N[C@H](C#N)C[C@@H]2CCCNC2=O)C(F)(F)C3)cn1. The molecule has 3 N–H and O–H groups in total. The van der Waals surface area contributed by atoms with Gasteiger partial charge < -0.3 is 20.9 Å². The van der Waals surface area contributed by atoms with Crippen molar-refractivity contribution in [1.29, 1.82) is 5.26 Å². The highest BCUT2D eigenvalue weighted by Gasteiger charge is 2.61. The Morgan fingerprint density at radius 3 is 2.68 bits per heavy atom. The number of nitriles is 1. The summed E-state index contributed by atoms with van der Waals surface area (Å²) in [5, 5.41) is 22.5. The minimum absolute atomic E-state index is 0.103. The van der Waals surface area contributed by atoms with Gasteiger partial charge in [-0.3, -0.25) is 19.1 Å². The molecule has 5 fully saturated rings. The summed E-state index contributed by atoms with van der Waals surface area (Å²) in [6.45, 7) is 0.575. The van der Waals surface area contributed by atoms with Crippen LogP contribution in [-0.2, 0) is 21.4 Å². The lowest BCUT2D eigenvalue weighted by molar-refractivity contribution is -0.194. The lowest BCUT2D eigenvalue weighted by Crippen LogP contribution is -2.70. The highest BCUT2D eigenvalue weighted by atomic mass is 19.3. The van der Waals surface area contributed by atoms with E-state index in [0.717, 1.165) is 19.3 Å². The van der Waals surface area contributed by atoms with Crippen molar-refractivity contribution < 1.29 is 23.2 Å². The van der Waals surface area contributed by atoms with Gasteiger partial charge in [0.15, 0.2) is 0 Å². The highest BCUT2D eigenvalue weighted by molar-refractivity contribution is 5.92. The molecule has 3 aliphatic heterocycles. The van der Waals surface area contributed by atoms with E-state index in [-0.39, 0.29) is 24.7 Å². The molecule has 3 amide bonds. The Labute approximate surface area is 220 Å². The predicted molar refractivity (Wildman–Crippen MR) is 133 cm³/mol. The Bertz CT molecular complexity index is 1110. The first-order valence-electron chi connectivity index (χ1n) is 13.6. The number of amides is 3. The van der Waals surface area contributed by atoms with Crippen molar-refractivity contribution >= 4 is 23.4 Å². The molecule has 0 radical (unpaired) electrons. The Morgan fingerprint density at radius 1 is 1.26 bits per heavy atom. The quantitative estimate of drug-likeness (QED) is 0.446. The molecule has 2 bridgehead atoms. The molecule has 0 unspecified atom stereocenters. The van der Waals surface area contributed by atoms with Crippen LogP contribution in [0.25, 0.3) is 0 Å². The highest BCUT2D eigenvalue weighted by Crippen LogP contribution is 2.49. The second-order valence-corrected chi connectivity index (χ2v) is 11.3. The van der Waals surface area contributed by atoms with Crippen LogP contribution >= 0.6 is 0 Å². The van der Waals surface area contributed by atoms with Gasteiger partial charge in [-0.15, -0.1) is 0 Å². The number of carbonyl (C=O) groups excluding carboxylic acids is 3. The molecule has 0 aromatic carbocycles. The molecule has 4 heterocycles. The number of nitrogens with zero attached hydrogens (tertiary/aromatic N) is 4. The molecule has 2 saturated carbocycles. The molecule has 10 nitrogen and oxygen atoms in total. The number of fused-ring (bicyclic) bond motifs is 3. The van der Waals surface area contributed by atoms with Gasteiger partial charge in [0.05, 0.1) is 23.9 Å². The molecule has 206 valence electrons. The van der Waals surface area contributed by atoms with Crippen LogP contribution in [0, 0.1) is 29.1 Å². The van der Waals surface area contributed by atoms with Crippen LogP contribution in [0.3, 0.4) is 0 Å². The summed E-state index contributed by atoms with van der Waals surface area (Å²) in [5.41, 5.74) is 0.648. The van der Waals surface area contributed by atoms with E-state index >= 15 is 8.78 Å². The standard InChI is InChI=1S/C26H35F2N7O3/c1-34-14-18(13-31-34)32-21(9-15-4-5-15)25(38)35-19-6-7-20(26(27,28)11-19)22(35)24(37)33-17(12-29)10-16-3-2-8-30-23(16)36/h13-17,19-22,32H,2-11H2,1H3,(H,30,36)(H,33,37)/t16-,17-,19-,20-,21-,22+/m0/s1. The first kappa shape index (κ1) is 26.4. The van der Waals surface area contributed by atoms with Gasteiger partial charge in [0.2, 0.25) is 17.7 Å². The summed E-state index contributed by atoms with van der Waals surface area (Å²) in [4.78, 5) is 41.1. The summed E-state index contributed by atoms with van der Waals surface area (Å²) in [6, 6.07) is -1.81. The van der Waals surface area contributed by atoms with Gasteiger partial charge in [0.25, 0.3) is 5.92 Å². The van der Waals surface area contributed by atoms with Crippen molar-refractivity contribution in [1.82, 2.24) is 25.3 Å². The normalized spacial score (nSPS) is 29.6. The molecular formula is C26H35F2N7O3. The van der Waals surface area contributed by atoms with Crippen LogP contribution in [0.15, 0.2) is 12.4 Å². The number of nitrogens with one attached hydrogen (secondary N) is 3. The molecule has 6 rings (SSSR count). The zero-order valence-electron chi connectivity index (χ0n) is 21.5. The van der Waals surface area contributed by atoms with Crippen molar-refractivity contribution in [2.75, 3.05) is 11.9 Å². The fourth-order valence-corrected chi connectivity index (χ4v) is 6.36. The van der Waals surface area contributed by atoms with E-state index in [1.807, 2.05) is 6.07 Å². The second kappa shape index (κ2) is 10.5. The van der Waals surface area contributed by atoms with Crippen molar-refractivity contribution in [2.24, 2.45) is 24.8 Å². The Balaban J connectivity index is 1.37. The van der Waals surface area contributed by atoms with Crippen LogP contribution in [0.2, 0.25) is 0 Å². The van der Waals surface area contributed by atoms with E-state index in [2.05, 4.69) is 21.0 Å². The lowest BCUT2D eigenvalue weighted by atomic mass is 9.71. The number of hydrogen-bond donors (Lipinski definition) is 3. The molecule has 6 atom stereocenters. The molecule has 1 aromatic rings. The number of halogens is 2. The third-order valence-electron chi connectivity index (χ3n) is 8.46. The predicted octanol–water partition coefficient (Wildman–Crippen LogP) is 1.94. The van der Waals surface area contributed by atoms with E-state index in [1.54, 1.807) is 24.1 Å². The molecule has 1 aromatic heterocycles. The van der Waals surface area contributed by atoms with Crippen LogP contribution in [-0.4, -0.2) is 69.0 Å². The van der Waals surface area contributed by atoms with E-state index in [4.69, 9.17) is 0 Å². The smallest absolute Gasteiger partial charge is 0.255 e. The zero-order chi connectivity index (χ0) is 27.0. The van der Waals surface area contributed by atoms with E-state index in [9.17, 15) is 19.6 Å². The summed E-state index contributed by atoms with van der Waals surface area (Å²) >= 11 is 0. The average molecular weight is 532 g/mol. The maximum absolute atomic E-state index is 15.1. The van der Waals surface area contributed by atoms with Gasteiger partial charge >= 0.3 is 0 Å². The second-order valence-electron chi connectivity index (χ2n) is 11.3. The van der Waals surface area contributed by atoms with Crippen LogP contribution in [0.5, 0.6) is 0 Å². The number of alkyl halides is 2. The number of rotatable bonds is 9. The van der Waals surface area contributed by atoms with Crippen LogP contribution in [0.1, 0.15) is 57.8 Å². The van der Waals surface area contributed by atoms with Gasteiger partial charge in [0.1, 0.15) is 18.1 Å². The Hall–Kier alpha value is -3.23. The van der Waals surface area contributed by atoms with Crippen LogP contribution in [0.4, 0.5) is 14.5 Å². The van der Waals surface area contributed by atoms with Gasteiger partial charge in [-0.05, 0) is 44.4 Å². The number of hydrogen-bond acceptors (Lipinski definition) is 6. The van der Waals surface area contributed by atoms with Gasteiger partial charge in [-0.2, -0.15) is 10.4 Å². The van der Waals surface area contributed by atoms with Crippen molar-refractivity contribution in [3.05, 3.63) is 12.4 Å². The first-order chi connectivity index (χ1) is 18.2. The van der Waals surface area contributed by atoms with Gasteiger partial charge in [-0.25, -0.2) is 8.78 Å². The van der Waals surface area contributed by atoms with Gasteiger partial charge in [0, 0.05) is 38.2 Å². The third kappa shape index (κ3) is 5.47. The molecule has 3 saturated heterocycles. The molecule has 38 heavy (non-hydrogen) atoms. The van der Waals surface area contributed by atoms with E-state index in [0.29, 0.717) is 37.4 Å². The molecule has 5 aliphatic rings. The van der Waals surface area contributed by atoms with E-state index in [1.165, 1.54) is 4.90 Å². The van der Waals surface area contributed by atoms with E-state index < -0.39 is 54.3 Å². The van der Waals surface area contributed by atoms with Crippen molar-refractivity contribution in [3.63, 3.8) is 0 Å². The zero-order valence-corrected chi connectivity index (χ0v) is 21.5. The fraction of sp³-hybridized carbons (Fsp3) is 0.731. The summed E-state index contributed by atoms with van der Waals surface area (Å²) in [6.07, 6.45) is 7.44. The maximum atomic E-state index is 15.1. The lowest BCUT2D eigenvalue weighted by Gasteiger charge is -2.54. The minimum atomic E-state index is -3.09. The summed E-state index contributed by atoms with van der Waals surface area (Å²) in [7, 11) is 1.76. The summed E-state index contributed by atoms with van der Waals surface area (Å²) < 4.78 is 31.8. The largest absolute Gasteiger partial charge is 0.371 e. The number of aromatic nitrogens is 2. The van der Waals surface area contributed by atoms with Crippen LogP contribution < -0.4 is 16.0 Å². The Morgan fingerprint density at radius 2 is 2.05 bits per heavy atom. The minimum Gasteiger partial charge on any atom is -0.371 e. The summed E-state index contributed by atoms with van der Waals surface area (Å²) in [5.74, 6) is -5.76. The van der Waals surface area contributed by atoms with Gasteiger partial charge in [-0.1, -0.05) is 12.8 Å². The monoisotopic (exact) mass is 531 g/mol. The maximum Gasteiger partial charge on any atom is 0.255 e. The topological polar surface area (TPSA) is 132 Å². The molecule has 2 aliphatic carbocycles. The Kier molecular flexibility index (Phi) is 7.29. The number of aryl methyl sites for hydroxylation is 1. The molecule has 12 heteroatoms. The third-order valence-corrected chi connectivity index (χ3v) is 8.46. The van der Waals surface area contributed by atoms with Crippen molar-refractivity contribution in [2.45, 2.75) is 87.9 Å². The number of piperidine rings is 3. The molecular weight excluding hydrogens is 496 g/mol. The first-order valence-corrected chi connectivity index (χ1v) is 13.6.